The molecule has 0 radical (unpaired) electrons. The number of carbonyl (C=O) groups is 4. The van der Waals surface area contributed by atoms with Crippen molar-refractivity contribution in [1.29, 1.82) is 0 Å². The van der Waals surface area contributed by atoms with Crippen LogP contribution in [-0.4, -0.2) is 96.7 Å². The predicted molar refractivity (Wildman–Crippen MR) is 367 cm³/mol. The lowest BCUT2D eigenvalue weighted by Crippen LogP contribution is -2.30. The van der Waals surface area contributed by atoms with Crippen molar-refractivity contribution in [3.05, 3.63) is 0 Å². The smallest absolute Gasteiger partial charge is 0.462 e. The van der Waals surface area contributed by atoms with Crippen LogP contribution in [0.25, 0.3) is 0 Å². The first-order valence-corrected chi connectivity index (χ1v) is 40.2. The number of phosphoric ester groups is 2. The van der Waals surface area contributed by atoms with E-state index in [2.05, 4.69) is 55.4 Å². The number of ether oxygens (including phenoxy) is 4. The largest absolute Gasteiger partial charge is 0.472 e. The summed E-state index contributed by atoms with van der Waals surface area (Å²) in [4.78, 5) is 72.5. The standard InChI is InChI=1S/C72H140O17P2/c1-62(2)48-40-32-24-20-16-12-9-10-14-18-22-26-38-46-54-71(76)88-67(58-82-69(74)52-44-36-30-28-34-42-50-64(5)6)60-86-90(78,79)84-56-66(73)57-85-91(80,81)87-61-68(59-83-70(75)53-45-37-31-29-35-43-51-65(7)8)89-72(77)55-47-39-27-23-19-15-11-13-17-21-25-33-41-49-63(3)4/h62-68,73H,9-61H2,1-8H3,(H,78,79)(H,80,81)/t66-,67+,68+/m0/s1. The number of aliphatic hydroxyl groups excluding tert-OH is 1. The van der Waals surface area contributed by atoms with Crippen molar-refractivity contribution in [2.45, 2.75) is 375 Å². The van der Waals surface area contributed by atoms with Gasteiger partial charge in [-0.25, -0.2) is 9.13 Å². The lowest BCUT2D eigenvalue weighted by Gasteiger charge is -2.21. The van der Waals surface area contributed by atoms with Crippen LogP contribution < -0.4 is 0 Å². The number of hydrogen-bond donors (Lipinski definition) is 3. The van der Waals surface area contributed by atoms with Crippen LogP contribution in [0, 0.1) is 23.7 Å². The number of esters is 4. The Morgan fingerprint density at radius 2 is 0.462 bits per heavy atom. The number of unbranched alkanes of at least 4 members (excludes halogenated alkanes) is 35. The van der Waals surface area contributed by atoms with E-state index in [1.807, 2.05) is 0 Å². The Hall–Kier alpha value is -1.94. The van der Waals surface area contributed by atoms with Crippen molar-refractivity contribution < 1.29 is 80.2 Å². The molecule has 0 fully saturated rings. The first-order valence-electron chi connectivity index (χ1n) is 37.2. The van der Waals surface area contributed by atoms with E-state index in [0.29, 0.717) is 37.5 Å². The lowest BCUT2D eigenvalue weighted by atomic mass is 10.0. The molecule has 17 nitrogen and oxygen atoms in total. The van der Waals surface area contributed by atoms with Crippen LogP contribution in [0.2, 0.25) is 0 Å². The number of hydrogen-bond acceptors (Lipinski definition) is 15. The van der Waals surface area contributed by atoms with Crippen LogP contribution in [0.4, 0.5) is 0 Å². The fourth-order valence-electron chi connectivity index (χ4n) is 10.8. The van der Waals surface area contributed by atoms with Gasteiger partial charge in [-0.15, -0.1) is 0 Å². The van der Waals surface area contributed by atoms with Gasteiger partial charge in [0.15, 0.2) is 12.2 Å². The maximum Gasteiger partial charge on any atom is 0.472 e. The minimum Gasteiger partial charge on any atom is -0.462 e. The minimum atomic E-state index is -4.95. The zero-order valence-electron chi connectivity index (χ0n) is 59.5. The second-order valence-corrected chi connectivity index (χ2v) is 30.8. The number of phosphoric acid groups is 2. The molecule has 0 aromatic heterocycles. The molecule has 0 saturated heterocycles. The normalized spacial score (nSPS) is 14.2. The summed E-state index contributed by atoms with van der Waals surface area (Å²) in [6, 6.07) is 0. The zero-order chi connectivity index (χ0) is 67.5. The number of aliphatic hydroxyl groups is 1. The third-order valence-corrected chi connectivity index (χ3v) is 18.5. The van der Waals surface area contributed by atoms with E-state index in [0.717, 1.165) is 115 Å². The average Bonchev–Trinajstić information content (AvgIpc) is 2.99. The molecule has 0 aromatic rings. The topological polar surface area (TPSA) is 237 Å². The Morgan fingerprint density at radius 3 is 0.681 bits per heavy atom. The van der Waals surface area contributed by atoms with Gasteiger partial charge >= 0.3 is 39.5 Å². The van der Waals surface area contributed by atoms with Crippen molar-refractivity contribution in [2.24, 2.45) is 23.7 Å². The van der Waals surface area contributed by atoms with Crippen LogP contribution in [0.3, 0.4) is 0 Å². The fraction of sp³-hybridized carbons (Fsp3) is 0.944. The summed E-state index contributed by atoms with van der Waals surface area (Å²) in [6.07, 6.45) is 44.8. The highest BCUT2D eigenvalue weighted by molar-refractivity contribution is 7.47. The van der Waals surface area contributed by atoms with E-state index in [4.69, 9.17) is 37.0 Å². The summed E-state index contributed by atoms with van der Waals surface area (Å²) < 4.78 is 68.3. The van der Waals surface area contributed by atoms with Gasteiger partial charge < -0.3 is 33.8 Å². The van der Waals surface area contributed by atoms with Crippen molar-refractivity contribution >= 4 is 39.5 Å². The van der Waals surface area contributed by atoms with Gasteiger partial charge in [0.05, 0.1) is 26.4 Å². The van der Waals surface area contributed by atoms with E-state index in [1.165, 1.54) is 148 Å². The molecule has 0 saturated carbocycles. The molecule has 540 valence electrons. The molecule has 3 N–H and O–H groups in total. The van der Waals surface area contributed by atoms with E-state index in [1.54, 1.807) is 0 Å². The molecule has 0 aliphatic rings. The summed E-state index contributed by atoms with van der Waals surface area (Å²) in [7, 11) is -9.90. The van der Waals surface area contributed by atoms with Crippen LogP contribution in [0.1, 0.15) is 357 Å². The zero-order valence-corrected chi connectivity index (χ0v) is 61.3. The van der Waals surface area contributed by atoms with E-state index < -0.39 is 97.5 Å². The van der Waals surface area contributed by atoms with Gasteiger partial charge in [0.25, 0.3) is 0 Å². The van der Waals surface area contributed by atoms with E-state index in [-0.39, 0.29) is 25.7 Å². The molecule has 0 aliphatic heterocycles. The molecule has 91 heavy (non-hydrogen) atoms. The van der Waals surface area contributed by atoms with Gasteiger partial charge in [0.2, 0.25) is 0 Å². The Bertz CT molecular complexity index is 1800. The molecule has 0 heterocycles. The fourth-order valence-corrected chi connectivity index (χ4v) is 12.4. The SMILES string of the molecule is CC(C)CCCCCCCCCCCCCCCCC(=O)O[C@H](COC(=O)CCCCCCCCC(C)C)COP(=O)(O)OC[C@H](O)COP(=O)(O)OC[C@@H](COC(=O)CCCCCCCCC(C)C)OC(=O)CCCCCCCCCCCCCCCC(C)C. The summed E-state index contributed by atoms with van der Waals surface area (Å²) in [5.41, 5.74) is 0. The summed E-state index contributed by atoms with van der Waals surface area (Å²) in [5, 5.41) is 10.6. The highest BCUT2D eigenvalue weighted by Crippen LogP contribution is 2.45. The molecule has 0 bridgehead atoms. The van der Waals surface area contributed by atoms with Crippen LogP contribution in [0.15, 0.2) is 0 Å². The van der Waals surface area contributed by atoms with Gasteiger partial charge in [-0.3, -0.25) is 37.3 Å². The summed E-state index contributed by atoms with van der Waals surface area (Å²) in [6.45, 7) is 14.0. The first kappa shape index (κ1) is 89.1. The van der Waals surface area contributed by atoms with Gasteiger partial charge in [-0.2, -0.15) is 0 Å². The third kappa shape index (κ3) is 66.5. The summed E-state index contributed by atoms with van der Waals surface area (Å²) >= 11 is 0. The average molecular weight is 1340 g/mol. The van der Waals surface area contributed by atoms with Crippen molar-refractivity contribution in [2.75, 3.05) is 39.6 Å². The molecule has 0 amide bonds. The Kier molecular flexibility index (Phi) is 60.3. The van der Waals surface area contributed by atoms with E-state index >= 15 is 0 Å². The molecule has 0 aliphatic carbocycles. The molecule has 0 aromatic carbocycles. The van der Waals surface area contributed by atoms with Gasteiger partial charge in [0.1, 0.15) is 19.3 Å². The highest BCUT2D eigenvalue weighted by Gasteiger charge is 2.30. The second-order valence-electron chi connectivity index (χ2n) is 27.9. The van der Waals surface area contributed by atoms with Crippen LogP contribution >= 0.6 is 15.6 Å². The number of rotatable bonds is 69. The summed E-state index contributed by atoms with van der Waals surface area (Å²) in [5.74, 6) is 0.810. The molecule has 5 atom stereocenters. The van der Waals surface area contributed by atoms with Crippen molar-refractivity contribution in [1.82, 2.24) is 0 Å². The molecule has 0 rings (SSSR count). The van der Waals surface area contributed by atoms with Gasteiger partial charge in [0, 0.05) is 25.7 Å². The quantitative estimate of drug-likeness (QED) is 0.0222. The molecule has 19 heteroatoms. The monoisotopic (exact) mass is 1340 g/mol. The predicted octanol–water partition coefficient (Wildman–Crippen LogP) is 20.5. The Morgan fingerprint density at radius 1 is 0.275 bits per heavy atom. The third-order valence-electron chi connectivity index (χ3n) is 16.6. The van der Waals surface area contributed by atoms with E-state index in [9.17, 15) is 43.2 Å². The molecular weight excluding hydrogens is 1200 g/mol. The molecule has 2 unspecified atom stereocenters. The second kappa shape index (κ2) is 61.6. The maximum absolute atomic E-state index is 13.0. The van der Waals surface area contributed by atoms with Crippen LogP contribution in [-0.2, 0) is 65.4 Å². The highest BCUT2D eigenvalue weighted by atomic mass is 31.2. The Balaban J connectivity index is 5.19. The number of carbonyl (C=O) groups excluding carboxylic acids is 4. The minimum absolute atomic E-state index is 0.105. The first-order chi connectivity index (χ1) is 43.6. The molecule has 0 spiro atoms. The maximum atomic E-state index is 13.0. The van der Waals surface area contributed by atoms with Gasteiger partial charge in [-0.1, -0.05) is 306 Å². The Labute approximate surface area is 556 Å². The van der Waals surface area contributed by atoms with Crippen molar-refractivity contribution in [3.8, 4) is 0 Å². The lowest BCUT2D eigenvalue weighted by molar-refractivity contribution is -0.161. The molecular formula is C72H140O17P2. The van der Waals surface area contributed by atoms with Gasteiger partial charge in [-0.05, 0) is 49.4 Å². The van der Waals surface area contributed by atoms with Crippen LogP contribution in [0.5, 0.6) is 0 Å². The van der Waals surface area contributed by atoms with Crippen molar-refractivity contribution in [3.63, 3.8) is 0 Å².